The summed E-state index contributed by atoms with van der Waals surface area (Å²) in [4.78, 5) is 34.3. The number of benzene rings is 1. The van der Waals surface area contributed by atoms with Crippen LogP contribution in [0.25, 0.3) is 0 Å². The minimum absolute atomic E-state index is 0.355. The molecule has 0 atom stereocenters. The first kappa shape index (κ1) is 18.9. The van der Waals surface area contributed by atoms with Gasteiger partial charge in [-0.25, -0.2) is 0 Å². The highest BCUT2D eigenvalue weighted by Gasteiger charge is 2.41. The van der Waals surface area contributed by atoms with Crippen LogP contribution in [0.5, 0.6) is 0 Å². The Labute approximate surface area is 146 Å². The molecule has 2 rings (SSSR count). The van der Waals surface area contributed by atoms with Crippen molar-refractivity contribution in [1.82, 2.24) is 4.90 Å². The molecule has 0 aromatic heterocycles. The molecule has 0 fully saturated rings. The molecule has 0 aliphatic carbocycles. The second-order valence-electron chi connectivity index (χ2n) is 4.77. The summed E-state index contributed by atoms with van der Waals surface area (Å²) in [5, 5.41) is 21.9. The van der Waals surface area contributed by atoms with Crippen molar-refractivity contribution in [3.05, 3.63) is 44.1 Å². The Morgan fingerprint density at radius 1 is 1.32 bits per heavy atom. The van der Waals surface area contributed by atoms with Gasteiger partial charge in [-0.05, 0) is 6.07 Å². The minimum Gasteiger partial charge on any atom is -0.395 e. The van der Waals surface area contributed by atoms with E-state index in [-0.39, 0.29) is 6.54 Å². The number of amides is 2. The summed E-state index contributed by atoms with van der Waals surface area (Å²) in [6.07, 6.45) is -4.26. The summed E-state index contributed by atoms with van der Waals surface area (Å²) < 4.78 is 39.4. The number of nitrogens with one attached hydrogen (secondary N) is 1. The molecule has 1 aliphatic rings. The Balaban J connectivity index is 2.54. The highest BCUT2D eigenvalue weighted by molar-refractivity contribution is 9.10. The molecule has 0 spiro atoms. The average Bonchev–Trinajstić information content (AvgIpc) is 2.73. The van der Waals surface area contributed by atoms with Gasteiger partial charge in [0.25, 0.3) is 17.5 Å². The number of alkyl halides is 3. The molecule has 1 aromatic carbocycles. The number of imide groups is 1. The van der Waals surface area contributed by atoms with Crippen molar-refractivity contribution in [3.8, 4) is 0 Å². The van der Waals surface area contributed by atoms with Crippen LogP contribution in [0.2, 0.25) is 0 Å². The van der Waals surface area contributed by atoms with Crippen LogP contribution < -0.4 is 5.32 Å². The summed E-state index contributed by atoms with van der Waals surface area (Å²) in [7, 11) is 0. The van der Waals surface area contributed by atoms with Crippen LogP contribution in [-0.4, -0.2) is 39.9 Å². The minimum atomic E-state index is -4.97. The van der Waals surface area contributed by atoms with Crippen molar-refractivity contribution in [2.45, 2.75) is 6.18 Å². The van der Waals surface area contributed by atoms with Gasteiger partial charge in [0.2, 0.25) is 0 Å². The number of aliphatic hydroxyl groups excluding tert-OH is 1. The second kappa shape index (κ2) is 6.80. The van der Waals surface area contributed by atoms with Gasteiger partial charge in [-0.3, -0.25) is 24.6 Å². The van der Waals surface area contributed by atoms with Gasteiger partial charge in [-0.2, -0.15) is 13.2 Å². The molecule has 0 bridgehead atoms. The molecule has 12 heteroatoms. The number of carbonyl (C=O) groups is 2. The second-order valence-corrected chi connectivity index (χ2v) is 5.63. The number of hydrogen-bond acceptors (Lipinski definition) is 6. The van der Waals surface area contributed by atoms with Crippen LogP contribution in [0.1, 0.15) is 5.56 Å². The largest absolute Gasteiger partial charge is 0.419 e. The molecule has 8 nitrogen and oxygen atoms in total. The van der Waals surface area contributed by atoms with Crippen molar-refractivity contribution in [2.24, 2.45) is 0 Å². The fourth-order valence-electron chi connectivity index (χ4n) is 2.17. The van der Waals surface area contributed by atoms with Gasteiger partial charge in [0.1, 0.15) is 16.9 Å². The van der Waals surface area contributed by atoms with E-state index < -0.39 is 56.6 Å². The third-order valence-electron chi connectivity index (χ3n) is 3.21. The standard InChI is InChI=1S/C13H9BrF3N3O5/c14-6-1-2-8(20(24)25)11(10(6)13(15,16)17)18-7-5-9(22)19(3-4-21)12(7)23/h1-2,5,18,21H,3-4H2. The van der Waals surface area contributed by atoms with Gasteiger partial charge < -0.3 is 10.4 Å². The summed E-state index contributed by atoms with van der Waals surface area (Å²) in [5.74, 6) is -1.85. The van der Waals surface area contributed by atoms with E-state index in [9.17, 15) is 32.9 Å². The van der Waals surface area contributed by atoms with Gasteiger partial charge in [-0.15, -0.1) is 0 Å². The molecule has 2 N–H and O–H groups in total. The van der Waals surface area contributed by atoms with Crippen molar-refractivity contribution in [1.29, 1.82) is 0 Å². The predicted molar refractivity (Wildman–Crippen MR) is 81.3 cm³/mol. The molecule has 0 unspecified atom stereocenters. The molecular formula is C13H9BrF3N3O5. The Bertz CT molecular complexity index is 794. The molecule has 0 radical (unpaired) electrons. The number of hydrogen-bond donors (Lipinski definition) is 2. The maximum atomic E-state index is 13.3. The van der Waals surface area contributed by atoms with Crippen molar-refractivity contribution >= 4 is 39.1 Å². The van der Waals surface area contributed by atoms with Crippen molar-refractivity contribution in [3.63, 3.8) is 0 Å². The van der Waals surface area contributed by atoms with Gasteiger partial charge in [0.05, 0.1) is 18.1 Å². The zero-order chi connectivity index (χ0) is 18.9. The maximum Gasteiger partial charge on any atom is 0.419 e. The highest BCUT2D eigenvalue weighted by atomic mass is 79.9. The lowest BCUT2D eigenvalue weighted by atomic mass is 10.1. The molecule has 1 heterocycles. The number of rotatable bonds is 5. The quantitative estimate of drug-likeness (QED) is 0.425. The lowest BCUT2D eigenvalue weighted by Gasteiger charge is -2.17. The van der Waals surface area contributed by atoms with Crippen LogP contribution in [0.15, 0.2) is 28.4 Å². The Hall–Kier alpha value is -2.47. The number of carbonyl (C=O) groups excluding carboxylic acids is 2. The third-order valence-corrected chi connectivity index (χ3v) is 3.87. The molecule has 0 saturated heterocycles. The van der Waals surface area contributed by atoms with Gasteiger partial charge >= 0.3 is 6.18 Å². The summed E-state index contributed by atoms with van der Waals surface area (Å²) in [5.41, 5.74) is -3.84. The monoisotopic (exact) mass is 423 g/mol. The van der Waals surface area contributed by atoms with Crippen LogP contribution in [0.4, 0.5) is 24.5 Å². The average molecular weight is 424 g/mol. The number of halogens is 4. The van der Waals surface area contributed by atoms with E-state index >= 15 is 0 Å². The fraction of sp³-hybridized carbons (Fsp3) is 0.231. The fourth-order valence-corrected chi connectivity index (χ4v) is 2.72. The lowest BCUT2D eigenvalue weighted by Crippen LogP contribution is -2.34. The first-order chi connectivity index (χ1) is 11.6. The molecule has 25 heavy (non-hydrogen) atoms. The number of nitro groups is 1. The Kier molecular flexibility index (Phi) is 5.13. The zero-order valence-corrected chi connectivity index (χ0v) is 13.7. The maximum absolute atomic E-state index is 13.3. The number of anilines is 1. The summed E-state index contributed by atoms with van der Waals surface area (Å²) in [6.45, 7) is -0.893. The number of nitro benzene ring substituents is 1. The summed E-state index contributed by atoms with van der Waals surface area (Å²) >= 11 is 2.68. The van der Waals surface area contributed by atoms with Crippen LogP contribution in [0, 0.1) is 10.1 Å². The highest BCUT2D eigenvalue weighted by Crippen LogP contribution is 2.44. The first-order valence-electron chi connectivity index (χ1n) is 6.57. The van der Waals surface area contributed by atoms with E-state index in [1.165, 1.54) is 0 Å². The number of aliphatic hydroxyl groups is 1. The first-order valence-corrected chi connectivity index (χ1v) is 7.36. The molecule has 134 valence electrons. The molecule has 1 aliphatic heterocycles. The SMILES string of the molecule is O=C1C=C(Nc2c([N+](=O)[O-])ccc(Br)c2C(F)(F)F)C(=O)N1CCO. The van der Waals surface area contributed by atoms with Crippen molar-refractivity contribution < 1.29 is 32.8 Å². The topological polar surface area (TPSA) is 113 Å². The van der Waals surface area contributed by atoms with E-state index in [0.29, 0.717) is 11.0 Å². The molecule has 2 amide bonds. The van der Waals surface area contributed by atoms with E-state index in [1.807, 2.05) is 0 Å². The van der Waals surface area contributed by atoms with Crippen LogP contribution in [0.3, 0.4) is 0 Å². The van der Waals surface area contributed by atoms with Crippen LogP contribution >= 0.6 is 15.9 Å². The third kappa shape index (κ3) is 3.64. The van der Waals surface area contributed by atoms with Gasteiger partial charge in [-0.1, -0.05) is 15.9 Å². The molecule has 0 saturated carbocycles. The van der Waals surface area contributed by atoms with E-state index in [1.54, 1.807) is 0 Å². The Morgan fingerprint density at radius 3 is 2.48 bits per heavy atom. The Morgan fingerprint density at radius 2 is 1.96 bits per heavy atom. The molecule has 1 aromatic rings. The zero-order valence-electron chi connectivity index (χ0n) is 12.1. The normalized spacial score (nSPS) is 14.8. The van der Waals surface area contributed by atoms with Crippen LogP contribution in [-0.2, 0) is 15.8 Å². The number of nitrogens with zero attached hydrogens (tertiary/aromatic N) is 2. The predicted octanol–water partition coefficient (Wildman–Crippen LogP) is 2.03. The van der Waals surface area contributed by atoms with E-state index in [0.717, 1.165) is 12.1 Å². The van der Waals surface area contributed by atoms with E-state index in [4.69, 9.17) is 5.11 Å². The smallest absolute Gasteiger partial charge is 0.395 e. The van der Waals surface area contributed by atoms with Gasteiger partial charge in [0.15, 0.2) is 0 Å². The van der Waals surface area contributed by atoms with Gasteiger partial charge in [0, 0.05) is 16.6 Å². The van der Waals surface area contributed by atoms with E-state index in [2.05, 4.69) is 21.2 Å². The van der Waals surface area contributed by atoms with Crippen molar-refractivity contribution in [2.75, 3.05) is 18.5 Å². The lowest BCUT2D eigenvalue weighted by molar-refractivity contribution is -0.384. The molecular weight excluding hydrogens is 415 g/mol. The summed E-state index contributed by atoms with van der Waals surface area (Å²) in [6, 6.07) is 1.69. The number of β-amino-alcohol motifs (C(OH)–C–C–N with tert-alkyl or cyclic N) is 1.